The van der Waals surface area contributed by atoms with Crippen molar-refractivity contribution in [3.05, 3.63) is 77.1 Å². The van der Waals surface area contributed by atoms with Crippen molar-refractivity contribution in [1.29, 1.82) is 0 Å². The summed E-state index contributed by atoms with van der Waals surface area (Å²) in [5.74, 6) is -0.390. The second kappa shape index (κ2) is 6.50. The molecule has 1 N–H and O–H groups in total. The molecule has 0 aliphatic heterocycles. The standard InChI is InChI=1S/C16H15ClFN/c1-12(14-5-3-2-4-6-14)10-19-11-13-7-8-16(18)15(17)9-13/h2-9,19H,1,10-11H2. The van der Waals surface area contributed by atoms with Crippen LogP contribution >= 0.6 is 11.6 Å². The normalized spacial score (nSPS) is 10.4. The van der Waals surface area contributed by atoms with Gasteiger partial charge in [0.2, 0.25) is 0 Å². The first-order valence-electron chi connectivity index (χ1n) is 6.04. The highest BCUT2D eigenvalue weighted by Crippen LogP contribution is 2.16. The Morgan fingerprint density at radius 2 is 1.89 bits per heavy atom. The quantitative estimate of drug-likeness (QED) is 0.859. The van der Waals surface area contributed by atoms with E-state index in [0.29, 0.717) is 13.1 Å². The molecule has 3 heteroatoms. The van der Waals surface area contributed by atoms with Crippen LogP contribution in [0, 0.1) is 5.82 Å². The fourth-order valence-electron chi connectivity index (χ4n) is 1.78. The van der Waals surface area contributed by atoms with Gasteiger partial charge in [-0.15, -0.1) is 0 Å². The van der Waals surface area contributed by atoms with Gasteiger partial charge in [0.15, 0.2) is 0 Å². The number of benzene rings is 2. The maximum atomic E-state index is 13.0. The highest BCUT2D eigenvalue weighted by atomic mass is 35.5. The Morgan fingerprint density at radius 1 is 1.16 bits per heavy atom. The summed E-state index contributed by atoms with van der Waals surface area (Å²) >= 11 is 5.73. The summed E-state index contributed by atoms with van der Waals surface area (Å²) in [6, 6.07) is 14.7. The van der Waals surface area contributed by atoms with Crippen LogP contribution in [0.4, 0.5) is 4.39 Å². The van der Waals surface area contributed by atoms with Gasteiger partial charge in [0.1, 0.15) is 5.82 Å². The lowest BCUT2D eigenvalue weighted by molar-refractivity contribution is 0.626. The van der Waals surface area contributed by atoms with E-state index >= 15 is 0 Å². The molecule has 0 radical (unpaired) electrons. The van der Waals surface area contributed by atoms with Crippen LogP contribution < -0.4 is 5.32 Å². The van der Waals surface area contributed by atoms with Gasteiger partial charge in [-0.1, -0.05) is 54.6 Å². The maximum absolute atomic E-state index is 13.0. The molecule has 0 saturated carbocycles. The van der Waals surface area contributed by atoms with Gasteiger partial charge in [0.05, 0.1) is 5.02 Å². The maximum Gasteiger partial charge on any atom is 0.141 e. The molecule has 0 aromatic heterocycles. The van der Waals surface area contributed by atoms with E-state index < -0.39 is 0 Å². The fourth-order valence-corrected chi connectivity index (χ4v) is 1.99. The number of nitrogens with one attached hydrogen (secondary N) is 1. The first-order chi connectivity index (χ1) is 9.16. The lowest BCUT2D eigenvalue weighted by Crippen LogP contribution is -2.15. The zero-order valence-electron chi connectivity index (χ0n) is 10.5. The third-order valence-corrected chi connectivity index (χ3v) is 3.12. The van der Waals surface area contributed by atoms with Gasteiger partial charge >= 0.3 is 0 Å². The largest absolute Gasteiger partial charge is 0.309 e. The van der Waals surface area contributed by atoms with E-state index in [9.17, 15) is 4.39 Å². The first kappa shape index (κ1) is 13.8. The first-order valence-corrected chi connectivity index (χ1v) is 6.42. The van der Waals surface area contributed by atoms with E-state index in [2.05, 4.69) is 11.9 Å². The molecule has 0 bridgehead atoms. The van der Waals surface area contributed by atoms with Crippen LogP contribution in [-0.4, -0.2) is 6.54 Å². The van der Waals surface area contributed by atoms with E-state index in [1.165, 1.54) is 6.07 Å². The van der Waals surface area contributed by atoms with Crippen LogP contribution in [0.15, 0.2) is 55.1 Å². The highest BCUT2D eigenvalue weighted by Gasteiger charge is 2.01. The number of halogens is 2. The summed E-state index contributed by atoms with van der Waals surface area (Å²) in [7, 11) is 0. The Kier molecular flexibility index (Phi) is 4.72. The topological polar surface area (TPSA) is 12.0 Å². The molecule has 2 aromatic carbocycles. The van der Waals surface area contributed by atoms with Crippen molar-refractivity contribution in [3.63, 3.8) is 0 Å². The lowest BCUT2D eigenvalue weighted by atomic mass is 10.1. The number of hydrogen-bond donors (Lipinski definition) is 1. The summed E-state index contributed by atoms with van der Waals surface area (Å²) in [6.07, 6.45) is 0. The second-order valence-electron chi connectivity index (χ2n) is 4.32. The van der Waals surface area contributed by atoms with E-state index in [0.717, 1.165) is 16.7 Å². The zero-order valence-corrected chi connectivity index (χ0v) is 11.3. The van der Waals surface area contributed by atoms with Crippen molar-refractivity contribution >= 4 is 17.2 Å². The minimum Gasteiger partial charge on any atom is -0.309 e. The second-order valence-corrected chi connectivity index (χ2v) is 4.73. The predicted molar refractivity (Wildman–Crippen MR) is 78.6 cm³/mol. The Bertz CT molecular complexity index is 566. The zero-order chi connectivity index (χ0) is 13.7. The molecule has 98 valence electrons. The third kappa shape index (κ3) is 3.91. The minimum atomic E-state index is -0.390. The smallest absolute Gasteiger partial charge is 0.141 e. The van der Waals surface area contributed by atoms with Crippen LogP contribution in [0.1, 0.15) is 11.1 Å². The molecule has 1 nitrogen and oxygen atoms in total. The van der Waals surface area contributed by atoms with Gasteiger partial charge in [-0.25, -0.2) is 4.39 Å². The van der Waals surface area contributed by atoms with Crippen molar-refractivity contribution < 1.29 is 4.39 Å². The molecule has 2 rings (SSSR count). The van der Waals surface area contributed by atoms with E-state index in [1.807, 2.05) is 30.3 Å². The summed E-state index contributed by atoms with van der Waals surface area (Å²) in [4.78, 5) is 0. The molecule has 19 heavy (non-hydrogen) atoms. The van der Waals surface area contributed by atoms with Gasteiger partial charge in [-0.2, -0.15) is 0 Å². The molecule has 0 fully saturated rings. The molecule has 0 aliphatic rings. The van der Waals surface area contributed by atoms with Crippen molar-refractivity contribution in [1.82, 2.24) is 5.32 Å². The fraction of sp³-hybridized carbons (Fsp3) is 0.125. The van der Waals surface area contributed by atoms with Crippen molar-refractivity contribution in [2.45, 2.75) is 6.54 Å². The minimum absolute atomic E-state index is 0.154. The van der Waals surface area contributed by atoms with Gasteiger partial charge in [-0.05, 0) is 28.8 Å². The van der Waals surface area contributed by atoms with E-state index in [1.54, 1.807) is 12.1 Å². The van der Waals surface area contributed by atoms with Crippen LogP contribution in [-0.2, 0) is 6.54 Å². The summed E-state index contributed by atoms with van der Waals surface area (Å²) in [6.45, 7) is 5.35. The van der Waals surface area contributed by atoms with E-state index in [4.69, 9.17) is 11.6 Å². The van der Waals surface area contributed by atoms with Crippen molar-refractivity contribution in [3.8, 4) is 0 Å². The molecular weight excluding hydrogens is 261 g/mol. The molecular formula is C16H15ClFN. The van der Waals surface area contributed by atoms with Gasteiger partial charge < -0.3 is 5.32 Å². The number of hydrogen-bond acceptors (Lipinski definition) is 1. The summed E-state index contributed by atoms with van der Waals surface area (Å²) in [5.41, 5.74) is 3.09. The third-order valence-electron chi connectivity index (χ3n) is 2.83. The van der Waals surface area contributed by atoms with E-state index in [-0.39, 0.29) is 10.8 Å². The van der Waals surface area contributed by atoms with Crippen LogP contribution in [0.3, 0.4) is 0 Å². The molecule has 0 aliphatic carbocycles. The van der Waals surface area contributed by atoms with Gasteiger partial charge in [-0.3, -0.25) is 0 Å². The molecule has 0 spiro atoms. The average Bonchev–Trinajstić information content (AvgIpc) is 2.43. The highest BCUT2D eigenvalue weighted by molar-refractivity contribution is 6.30. The van der Waals surface area contributed by atoms with Gasteiger partial charge in [0, 0.05) is 13.1 Å². The summed E-state index contributed by atoms with van der Waals surface area (Å²) < 4.78 is 13.0. The lowest BCUT2D eigenvalue weighted by Gasteiger charge is -2.08. The van der Waals surface area contributed by atoms with Crippen molar-refractivity contribution in [2.24, 2.45) is 0 Å². The molecule has 0 saturated heterocycles. The van der Waals surface area contributed by atoms with Crippen LogP contribution in [0.25, 0.3) is 5.57 Å². The monoisotopic (exact) mass is 275 g/mol. The Balaban J connectivity index is 1.87. The van der Waals surface area contributed by atoms with Crippen molar-refractivity contribution in [2.75, 3.05) is 6.54 Å². The van der Waals surface area contributed by atoms with Crippen LogP contribution in [0.5, 0.6) is 0 Å². The van der Waals surface area contributed by atoms with Crippen LogP contribution in [0.2, 0.25) is 5.02 Å². The molecule has 0 amide bonds. The SMILES string of the molecule is C=C(CNCc1ccc(F)c(Cl)c1)c1ccccc1. The predicted octanol–water partition coefficient (Wildman–Crippen LogP) is 4.28. The number of rotatable bonds is 5. The summed E-state index contributed by atoms with van der Waals surface area (Å²) in [5, 5.41) is 3.42. The van der Waals surface area contributed by atoms with Gasteiger partial charge in [0.25, 0.3) is 0 Å². The molecule has 0 atom stereocenters. The average molecular weight is 276 g/mol. The Labute approximate surface area is 117 Å². The molecule has 0 unspecified atom stereocenters. The molecule has 0 heterocycles. The Hall–Kier alpha value is -1.64. The Morgan fingerprint density at radius 3 is 2.58 bits per heavy atom. The molecule has 2 aromatic rings.